The predicted molar refractivity (Wildman–Crippen MR) is 113 cm³/mol. The van der Waals surface area contributed by atoms with Crippen LogP contribution < -0.4 is 0 Å². The Morgan fingerprint density at radius 2 is 1.74 bits per heavy atom. The molecule has 0 aromatic rings. The maximum atomic E-state index is 14.9. The highest BCUT2D eigenvalue weighted by Crippen LogP contribution is 2.41. The summed E-state index contributed by atoms with van der Waals surface area (Å²) in [7, 11) is -2.20. The molecule has 5 heteroatoms. The van der Waals surface area contributed by atoms with Crippen molar-refractivity contribution in [1.82, 2.24) is 4.90 Å². The minimum Gasteiger partial charge on any atom is -0.339 e. The zero-order valence-electron chi connectivity index (χ0n) is 17.9. The highest BCUT2D eigenvalue weighted by Gasteiger charge is 2.43. The van der Waals surface area contributed by atoms with Crippen LogP contribution in [0, 0.1) is 11.5 Å². The van der Waals surface area contributed by atoms with Crippen LogP contribution in [0.15, 0.2) is 12.7 Å². The van der Waals surface area contributed by atoms with Crippen molar-refractivity contribution in [3.8, 4) is 11.5 Å². The van der Waals surface area contributed by atoms with E-state index in [2.05, 4.69) is 59.6 Å². The first-order valence-electron chi connectivity index (χ1n) is 10.3. The summed E-state index contributed by atoms with van der Waals surface area (Å²) in [5.41, 5.74) is 4.10. The van der Waals surface area contributed by atoms with Gasteiger partial charge in [0.15, 0.2) is 0 Å². The molecule has 1 saturated heterocycles. The molecule has 27 heavy (non-hydrogen) atoms. The van der Waals surface area contributed by atoms with Crippen molar-refractivity contribution in [3.63, 3.8) is 0 Å². The summed E-state index contributed by atoms with van der Waals surface area (Å²) in [5, 5.41) is 0. The summed E-state index contributed by atoms with van der Waals surface area (Å²) in [6.07, 6.45) is 3.72. The first-order chi connectivity index (χ1) is 12.5. The van der Waals surface area contributed by atoms with Crippen molar-refractivity contribution in [2.24, 2.45) is 0 Å². The molecule has 1 fully saturated rings. The Morgan fingerprint density at radius 1 is 1.19 bits per heavy atom. The molecule has 1 aliphatic heterocycles. The molecule has 0 aromatic carbocycles. The fourth-order valence-electron chi connectivity index (χ4n) is 4.71. The third-order valence-electron chi connectivity index (χ3n) is 6.07. The fraction of sp³-hybridized carbons (Fsp3) is 0.773. The van der Waals surface area contributed by atoms with Crippen LogP contribution in [0.1, 0.15) is 73.6 Å². The number of hydrogen-bond donors (Lipinski definition) is 0. The van der Waals surface area contributed by atoms with Crippen LogP contribution in [-0.4, -0.2) is 37.4 Å². The topological polar surface area (TPSA) is 20.3 Å². The van der Waals surface area contributed by atoms with Gasteiger partial charge in [-0.3, -0.25) is 4.79 Å². The molecular formula is C22H37F2NOSi. The van der Waals surface area contributed by atoms with Crippen molar-refractivity contribution in [1.29, 1.82) is 0 Å². The second-order valence-electron chi connectivity index (χ2n) is 8.77. The van der Waals surface area contributed by atoms with Crippen LogP contribution >= 0.6 is 0 Å². The number of likely N-dealkylation sites (tertiary alicyclic amines) is 1. The molecule has 154 valence electrons. The monoisotopic (exact) mass is 397 g/mol. The lowest BCUT2D eigenvalue weighted by Crippen LogP contribution is -2.44. The summed E-state index contributed by atoms with van der Waals surface area (Å²) < 4.78 is 29.8. The van der Waals surface area contributed by atoms with Gasteiger partial charge in [-0.1, -0.05) is 47.6 Å². The Labute approximate surface area is 165 Å². The molecule has 0 spiro atoms. The van der Waals surface area contributed by atoms with E-state index in [1.54, 1.807) is 11.0 Å². The standard InChI is InChI=1S/C22H37F2NOSi/c1-8-9-11-20(25-14-10-12-21(25)26)16-22(23,24)13-15-27(17(2)3,18(4)5)19(6)7/h8,17-20H,1,9-12,14,16H2,2-7H3. The highest BCUT2D eigenvalue weighted by molar-refractivity contribution is 6.90. The van der Waals surface area contributed by atoms with Crippen LogP contribution in [0.2, 0.25) is 16.6 Å². The van der Waals surface area contributed by atoms with E-state index in [-0.39, 0.29) is 12.3 Å². The van der Waals surface area contributed by atoms with Crippen LogP contribution in [0.3, 0.4) is 0 Å². The molecule has 0 aromatic heterocycles. The van der Waals surface area contributed by atoms with Gasteiger partial charge >= 0.3 is 5.92 Å². The fourth-order valence-corrected chi connectivity index (χ4v) is 9.98. The van der Waals surface area contributed by atoms with Crippen LogP contribution in [0.25, 0.3) is 0 Å². The number of amides is 1. The van der Waals surface area contributed by atoms with Gasteiger partial charge in [0.25, 0.3) is 0 Å². The van der Waals surface area contributed by atoms with E-state index >= 15 is 0 Å². The minimum absolute atomic E-state index is 0.0110. The van der Waals surface area contributed by atoms with Gasteiger partial charge in [0, 0.05) is 25.4 Å². The van der Waals surface area contributed by atoms with Gasteiger partial charge in [-0.25, -0.2) is 0 Å². The van der Waals surface area contributed by atoms with Gasteiger partial charge in [-0.05, 0) is 41.8 Å². The van der Waals surface area contributed by atoms with Gasteiger partial charge in [0.05, 0.1) is 0 Å². The third-order valence-corrected chi connectivity index (χ3v) is 12.4. The second-order valence-corrected chi connectivity index (χ2v) is 14.3. The van der Waals surface area contributed by atoms with E-state index in [9.17, 15) is 13.6 Å². The van der Waals surface area contributed by atoms with Crippen molar-refractivity contribution < 1.29 is 13.6 Å². The van der Waals surface area contributed by atoms with E-state index in [0.29, 0.717) is 42.4 Å². The molecule has 0 N–H and O–H groups in total. The van der Waals surface area contributed by atoms with Crippen molar-refractivity contribution in [2.45, 2.75) is 102 Å². The highest BCUT2D eigenvalue weighted by atomic mass is 28.3. The number of halogens is 2. The van der Waals surface area contributed by atoms with Gasteiger partial charge < -0.3 is 4.90 Å². The van der Waals surface area contributed by atoms with Crippen LogP contribution in [0.4, 0.5) is 8.78 Å². The van der Waals surface area contributed by atoms with E-state index in [4.69, 9.17) is 0 Å². The molecule has 1 unspecified atom stereocenters. The lowest BCUT2D eigenvalue weighted by atomic mass is 10.0. The number of nitrogens with zero attached hydrogens (tertiary/aromatic N) is 1. The van der Waals surface area contributed by atoms with Gasteiger partial charge in [-0.15, -0.1) is 12.1 Å². The van der Waals surface area contributed by atoms with E-state index in [1.807, 2.05) is 0 Å². The Bertz CT molecular complexity index is 553. The SMILES string of the molecule is C=CCCC(CC(F)(F)C#C[Si](C(C)C)(C(C)C)C(C)C)N1CCCC1=O. The Hall–Kier alpha value is -1.15. The molecule has 1 atom stereocenters. The number of alkyl halides is 2. The lowest BCUT2D eigenvalue weighted by Gasteiger charge is -2.38. The molecule has 1 amide bonds. The molecule has 1 heterocycles. The molecule has 2 nitrogen and oxygen atoms in total. The maximum absolute atomic E-state index is 14.9. The first-order valence-corrected chi connectivity index (χ1v) is 12.5. The third kappa shape index (κ3) is 5.91. The minimum atomic E-state index is -3.08. The summed E-state index contributed by atoms with van der Waals surface area (Å²) in [4.78, 5) is 13.7. The van der Waals surface area contributed by atoms with Crippen molar-refractivity contribution >= 4 is 14.0 Å². The van der Waals surface area contributed by atoms with Gasteiger partial charge in [-0.2, -0.15) is 8.78 Å². The molecular weight excluding hydrogens is 360 g/mol. The van der Waals surface area contributed by atoms with Gasteiger partial charge in [0.1, 0.15) is 8.07 Å². The molecule has 1 rings (SSSR count). The number of hydrogen-bond acceptors (Lipinski definition) is 1. The Kier molecular flexibility index (Phi) is 8.73. The number of rotatable bonds is 9. The number of allylic oxidation sites excluding steroid dienone is 1. The predicted octanol–water partition coefficient (Wildman–Crippen LogP) is 6.19. The Balaban J connectivity index is 3.11. The summed E-state index contributed by atoms with van der Waals surface area (Å²) in [5.74, 6) is -0.685. The molecule has 0 saturated carbocycles. The smallest absolute Gasteiger partial charge is 0.309 e. The zero-order chi connectivity index (χ0) is 20.8. The van der Waals surface area contributed by atoms with E-state index < -0.39 is 20.0 Å². The number of carbonyl (C=O) groups is 1. The second kappa shape index (κ2) is 9.86. The van der Waals surface area contributed by atoms with Crippen LogP contribution in [-0.2, 0) is 4.79 Å². The van der Waals surface area contributed by atoms with Crippen LogP contribution in [0.5, 0.6) is 0 Å². The first kappa shape index (κ1) is 23.9. The lowest BCUT2D eigenvalue weighted by molar-refractivity contribution is -0.130. The summed E-state index contributed by atoms with van der Waals surface area (Å²) in [6, 6.07) is -0.462. The molecule has 1 aliphatic rings. The average Bonchev–Trinajstić information content (AvgIpc) is 2.96. The average molecular weight is 398 g/mol. The van der Waals surface area contributed by atoms with Crippen molar-refractivity contribution in [3.05, 3.63) is 12.7 Å². The van der Waals surface area contributed by atoms with Gasteiger partial charge in [0.2, 0.25) is 5.91 Å². The normalized spacial score (nSPS) is 16.9. The van der Waals surface area contributed by atoms with Crippen molar-refractivity contribution in [2.75, 3.05) is 6.54 Å². The summed E-state index contributed by atoms with van der Waals surface area (Å²) >= 11 is 0. The molecule has 0 aliphatic carbocycles. The largest absolute Gasteiger partial charge is 0.339 e. The Morgan fingerprint density at radius 3 is 2.15 bits per heavy atom. The van der Waals surface area contributed by atoms with E-state index in [1.165, 1.54) is 0 Å². The quantitative estimate of drug-likeness (QED) is 0.258. The number of carbonyl (C=O) groups excluding carboxylic acids is 1. The summed E-state index contributed by atoms with van der Waals surface area (Å²) in [6.45, 7) is 17.0. The molecule has 0 radical (unpaired) electrons. The zero-order valence-corrected chi connectivity index (χ0v) is 18.9. The maximum Gasteiger partial charge on any atom is 0.309 e. The van der Waals surface area contributed by atoms with E-state index in [0.717, 1.165) is 6.42 Å². The molecule has 0 bridgehead atoms.